The van der Waals surface area contributed by atoms with Crippen molar-refractivity contribution in [1.82, 2.24) is 9.55 Å². The molecule has 0 bridgehead atoms. The number of aryl methyl sites for hydroxylation is 1. The van der Waals surface area contributed by atoms with Crippen LogP contribution in [0.1, 0.15) is 33.3 Å². The fourth-order valence-corrected chi connectivity index (χ4v) is 2.46. The molecule has 1 saturated heterocycles. The molecule has 6 heteroatoms. The average Bonchev–Trinajstić information content (AvgIpc) is 2.93. The molecule has 0 aliphatic carbocycles. The van der Waals surface area contributed by atoms with Gasteiger partial charge in [0.05, 0.1) is 23.1 Å². The van der Waals surface area contributed by atoms with Crippen molar-refractivity contribution in [2.75, 3.05) is 0 Å². The molecule has 2 heterocycles. The molecule has 22 heavy (non-hydrogen) atoms. The number of halogens is 1. The second-order valence-electron chi connectivity index (χ2n) is 6.72. The molecule has 116 valence electrons. The van der Waals surface area contributed by atoms with Gasteiger partial charge in [0.2, 0.25) is 0 Å². The molecule has 0 unspecified atom stereocenters. The maximum absolute atomic E-state index is 13.2. The van der Waals surface area contributed by atoms with Gasteiger partial charge in [-0.25, -0.2) is 9.37 Å². The lowest BCUT2D eigenvalue weighted by molar-refractivity contribution is 0.00578. The van der Waals surface area contributed by atoms with Crippen LogP contribution in [0.2, 0.25) is 0 Å². The van der Waals surface area contributed by atoms with Crippen LogP contribution in [-0.4, -0.2) is 27.9 Å². The highest BCUT2D eigenvalue weighted by molar-refractivity contribution is 6.61. The summed E-state index contributed by atoms with van der Waals surface area (Å²) < 4.78 is 27.1. The average molecular weight is 302 g/mol. The van der Waals surface area contributed by atoms with Gasteiger partial charge >= 0.3 is 7.12 Å². The molecule has 4 nitrogen and oxygen atoms in total. The lowest BCUT2D eigenvalue weighted by Gasteiger charge is -2.32. The normalized spacial score (nSPS) is 19.6. The molecule has 0 atom stereocenters. The van der Waals surface area contributed by atoms with Gasteiger partial charge in [-0.2, -0.15) is 0 Å². The summed E-state index contributed by atoms with van der Waals surface area (Å²) in [4.78, 5) is 4.39. The minimum absolute atomic E-state index is 0.243. The Bertz CT molecular complexity index is 696. The molecule has 1 fully saturated rings. The molecule has 1 aromatic carbocycles. The van der Waals surface area contributed by atoms with Gasteiger partial charge in [-0.1, -0.05) is 0 Å². The predicted octanol–water partition coefficient (Wildman–Crippen LogP) is 2.62. The molecule has 2 aromatic rings. The minimum atomic E-state index is -0.494. The number of aromatic nitrogens is 2. The van der Waals surface area contributed by atoms with Crippen LogP contribution in [0, 0.1) is 12.7 Å². The molecule has 3 rings (SSSR count). The summed E-state index contributed by atoms with van der Waals surface area (Å²) in [5.41, 5.74) is 1.65. The Labute approximate surface area is 130 Å². The summed E-state index contributed by atoms with van der Waals surface area (Å²) in [6.45, 7) is 9.90. The molecule has 1 aliphatic rings. The maximum Gasteiger partial charge on any atom is 0.516 e. The third kappa shape index (κ3) is 2.46. The number of imidazole rings is 1. The highest BCUT2D eigenvalue weighted by Crippen LogP contribution is 2.36. The highest BCUT2D eigenvalue weighted by Gasteiger charge is 2.52. The molecular weight excluding hydrogens is 282 g/mol. The van der Waals surface area contributed by atoms with E-state index < -0.39 is 18.3 Å². The van der Waals surface area contributed by atoms with E-state index in [0.29, 0.717) is 5.59 Å². The molecule has 0 amide bonds. The Kier molecular flexibility index (Phi) is 3.42. The summed E-state index contributed by atoms with van der Waals surface area (Å²) in [5.74, 6) is -0.243. The van der Waals surface area contributed by atoms with Crippen molar-refractivity contribution < 1.29 is 13.7 Å². The smallest absolute Gasteiger partial charge is 0.398 e. The van der Waals surface area contributed by atoms with Gasteiger partial charge in [0, 0.05) is 11.9 Å². The van der Waals surface area contributed by atoms with E-state index in [1.807, 2.05) is 45.4 Å². The molecule has 0 saturated carbocycles. The fourth-order valence-electron chi connectivity index (χ4n) is 2.46. The van der Waals surface area contributed by atoms with Crippen molar-refractivity contribution in [3.05, 3.63) is 42.1 Å². The van der Waals surface area contributed by atoms with Crippen LogP contribution in [0.25, 0.3) is 5.69 Å². The van der Waals surface area contributed by atoms with Crippen molar-refractivity contribution in [3.8, 4) is 5.69 Å². The maximum atomic E-state index is 13.2. The van der Waals surface area contributed by atoms with Gasteiger partial charge in [0.1, 0.15) is 5.82 Å². The molecule has 0 spiro atoms. The first-order valence-corrected chi connectivity index (χ1v) is 7.36. The van der Waals surface area contributed by atoms with Crippen LogP contribution in [0.15, 0.2) is 30.7 Å². The van der Waals surface area contributed by atoms with Crippen molar-refractivity contribution in [3.63, 3.8) is 0 Å². The molecule has 1 aliphatic heterocycles. The molecule has 0 N–H and O–H groups in total. The first kappa shape index (κ1) is 15.2. The third-order valence-electron chi connectivity index (χ3n) is 4.53. The summed E-state index contributed by atoms with van der Waals surface area (Å²) in [6.07, 6.45) is 3.56. The van der Waals surface area contributed by atoms with Gasteiger partial charge in [-0.15, -0.1) is 0 Å². The number of rotatable bonds is 2. The summed E-state index contributed by atoms with van der Waals surface area (Å²) >= 11 is 0. The van der Waals surface area contributed by atoms with E-state index in [1.54, 1.807) is 12.4 Å². The lowest BCUT2D eigenvalue weighted by atomic mass is 9.86. The second kappa shape index (κ2) is 4.93. The number of hydrogen-bond acceptors (Lipinski definition) is 3. The SMILES string of the molecule is Cc1cc(F)ccc1-n1cnc(B2OC(C)(C)C(C)(C)O2)c1. The van der Waals surface area contributed by atoms with Gasteiger partial charge in [-0.05, 0) is 58.4 Å². The molecule has 1 aromatic heterocycles. The summed E-state index contributed by atoms with van der Waals surface area (Å²) in [5, 5.41) is 0. The van der Waals surface area contributed by atoms with Crippen molar-refractivity contribution in [1.29, 1.82) is 0 Å². The summed E-state index contributed by atoms with van der Waals surface area (Å²) in [7, 11) is -0.494. The Morgan fingerprint density at radius 2 is 1.77 bits per heavy atom. The van der Waals surface area contributed by atoms with E-state index >= 15 is 0 Å². The van der Waals surface area contributed by atoms with Crippen molar-refractivity contribution in [2.45, 2.75) is 45.8 Å². The van der Waals surface area contributed by atoms with E-state index in [4.69, 9.17) is 9.31 Å². The Balaban J connectivity index is 1.89. The Morgan fingerprint density at radius 3 is 2.36 bits per heavy atom. The van der Waals surface area contributed by atoms with Crippen LogP contribution in [0.3, 0.4) is 0 Å². The van der Waals surface area contributed by atoms with Crippen LogP contribution in [-0.2, 0) is 9.31 Å². The monoisotopic (exact) mass is 302 g/mol. The standard InChI is InChI=1S/C16H20BFN2O2/c1-11-8-12(18)6-7-13(11)20-9-14(19-10-20)17-21-15(2,3)16(4,5)22-17/h6-10H,1-5H3. The second-order valence-corrected chi connectivity index (χ2v) is 6.72. The quantitative estimate of drug-likeness (QED) is 0.800. The Morgan fingerprint density at radius 1 is 1.14 bits per heavy atom. The largest absolute Gasteiger partial charge is 0.516 e. The number of hydrogen-bond donors (Lipinski definition) is 0. The zero-order valence-corrected chi connectivity index (χ0v) is 13.6. The first-order chi connectivity index (χ1) is 10.2. The number of benzene rings is 1. The lowest BCUT2D eigenvalue weighted by Crippen LogP contribution is -2.41. The van der Waals surface area contributed by atoms with Crippen LogP contribution < -0.4 is 5.59 Å². The van der Waals surface area contributed by atoms with Crippen molar-refractivity contribution in [2.24, 2.45) is 0 Å². The topological polar surface area (TPSA) is 36.3 Å². The highest BCUT2D eigenvalue weighted by atomic mass is 19.1. The Hall–Kier alpha value is -1.66. The van der Waals surface area contributed by atoms with E-state index in [2.05, 4.69) is 4.98 Å². The van der Waals surface area contributed by atoms with Crippen LogP contribution >= 0.6 is 0 Å². The van der Waals surface area contributed by atoms with E-state index in [9.17, 15) is 4.39 Å². The van der Waals surface area contributed by atoms with Crippen molar-refractivity contribution >= 4 is 12.7 Å². The predicted molar refractivity (Wildman–Crippen MR) is 84.0 cm³/mol. The third-order valence-corrected chi connectivity index (χ3v) is 4.53. The number of nitrogens with zero attached hydrogens (tertiary/aromatic N) is 2. The van der Waals surface area contributed by atoms with Crippen LogP contribution in [0.5, 0.6) is 0 Å². The van der Waals surface area contributed by atoms with Gasteiger partial charge in [0.25, 0.3) is 0 Å². The zero-order valence-electron chi connectivity index (χ0n) is 13.6. The first-order valence-electron chi connectivity index (χ1n) is 7.36. The van der Waals surface area contributed by atoms with Crippen LogP contribution in [0.4, 0.5) is 4.39 Å². The fraction of sp³-hybridized carbons (Fsp3) is 0.438. The minimum Gasteiger partial charge on any atom is -0.398 e. The summed E-state index contributed by atoms with van der Waals surface area (Å²) in [6, 6.07) is 4.68. The van der Waals surface area contributed by atoms with E-state index in [-0.39, 0.29) is 5.82 Å². The molecule has 0 radical (unpaired) electrons. The van der Waals surface area contributed by atoms with Gasteiger partial charge < -0.3 is 13.9 Å². The zero-order chi connectivity index (χ0) is 16.1. The van der Waals surface area contributed by atoms with E-state index in [0.717, 1.165) is 11.3 Å². The van der Waals surface area contributed by atoms with Gasteiger partial charge in [-0.3, -0.25) is 0 Å². The van der Waals surface area contributed by atoms with E-state index in [1.165, 1.54) is 12.1 Å². The molecular formula is C16H20BFN2O2. The van der Waals surface area contributed by atoms with Gasteiger partial charge in [0.15, 0.2) is 0 Å².